The van der Waals surface area contributed by atoms with Crippen molar-refractivity contribution in [1.29, 1.82) is 0 Å². The minimum atomic E-state index is -0.0735. The predicted octanol–water partition coefficient (Wildman–Crippen LogP) is 2.69. The molecule has 0 unspecified atom stereocenters. The molecule has 0 bridgehead atoms. The summed E-state index contributed by atoms with van der Waals surface area (Å²) >= 11 is 0. The van der Waals surface area contributed by atoms with Gasteiger partial charge < -0.3 is 10.6 Å². The Morgan fingerprint density at radius 3 is 2.59 bits per heavy atom. The summed E-state index contributed by atoms with van der Waals surface area (Å²) < 4.78 is 1.87. The van der Waals surface area contributed by atoms with Crippen LogP contribution in [0.2, 0.25) is 0 Å². The number of nitrogens with zero attached hydrogens (tertiary/aromatic N) is 4. The van der Waals surface area contributed by atoms with E-state index in [1.807, 2.05) is 18.5 Å². The zero-order valence-electron chi connectivity index (χ0n) is 13.7. The van der Waals surface area contributed by atoms with Gasteiger partial charge in [0.1, 0.15) is 0 Å². The van der Waals surface area contributed by atoms with E-state index < -0.39 is 0 Å². The summed E-state index contributed by atoms with van der Waals surface area (Å²) in [5, 5.41) is 5.12. The first-order chi connectivity index (χ1) is 10.6. The molecule has 0 aliphatic heterocycles. The van der Waals surface area contributed by atoms with Gasteiger partial charge in [-0.25, -0.2) is 9.67 Å². The van der Waals surface area contributed by atoms with Crippen LogP contribution in [0.1, 0.15) is 50.4 Å². The van der Waals surface area contributed by atoms with Crippen LogP contribution in [0.3, 0.4) is 0 Å². The maximum atomic E-state index is 12.5. The standard InChI is InChI=1S/C16H25N5O/c1-4-7-8-9-21-15-12(11-19-21)14(17)13(10-18-15)16(22)20(5-2)6-3/h10-11H,4-9H2,1-3H3,(H2,17,18). The number of aryl methyl sites for hydroxylation is 1. The minimum Gasteiger partial charge on any atom is -0.397 e. The normalized spacial score (nSPS) is 11.0. The zero-order valence-corrected chi connectivity index (χ0v) is 13.7. The van der Waals surface area contributed by atoms with Gasteiger partial charge in [0.25, 0.3) is 5.91 Å². The Bertz CT molecular complexity index is 645. The van der Waals surface area contributed by atoms with E-state index in [0.29, 0.717) is 24.3 Å². The van der Waals surface area contributed by atoms with Gasteiger partial charge in [0.15, 0.2) is 5.65 Å². The Morgan fingerprint density at radius 2 is 1.95 bits per heavy atom. The number of carbonyl (C=O) groups excluding carboxylic acids is 1. The fraction of sp³-hybridized carbons (Fsp3) is 0.562. The molecule has 0 saturated heterocycles. The van der Waals surface area contributed by atoms with Gasteiger partial charge in [0.05, 0.1) is 22.8 Å². The first-order valence-electron chi connectivity index (χ1n) is 8.03. The molecule has 120 valence electrons. The van der Waals surface area contributed by atoms with E-state index >= 15 is 0 Å². The average Bonchev–Trinajstić information content (AvgIpc) is 2.93. The molecule has 0 aliphatic carbocycles. The molecule has 1 amide bonds. The number of hydrogen-bond donors (Lipinski definition) is 1. The summed E-state index contributed by atoms with van der Waals surface area (Å²) in [6.45, 7) is 8.21. The Morgan fingerprint density at radius 1 is 1.23 bits per heavy atom. The molecule has 6 heteroatoms. The monoisotopic (exact) mass is 303 g/mol. The number of nitrogen functional groups attached to an aromatic ring is 1. The lowest BCUT2D eigenvalue weighted by molar-refractivity contribution is 0.0774. The van der Waals surface area contributed by atoms with Gasteiger partial charge in [-0.15, -0.1) is 0 Å². The van der Waals surface area contributed by atoms with Crippen molar-refractivity contribution in [3.63, 3.8) is 0 Å². The second kappa shape index (κ2) is 7.24. The molecule has 6 nitrogen and oxygen atoms in total. The van der Waals surface area contributed by atoms with Crippen molar-refractivity contribution < 1.29 is 4.79 Å². The first-order valence-corrected chi connectivity index (χ1v) is 8.03. The lowest BCUT2D eigenvalue weighted by Gasteiger charge is -2.19. The van der Waals surface area contributed by atoms with Crippen LogP contribution in [0.25, 0.3) is 11.0 Å². The van der Waals surface area contributed by atoms with E-state index in [4.69, 9.17) is 5.73 Å². The predicted molar refractivity (Wildman–Crippen MR) is 88.7 cm³/mol. The summed E-state index contributed by atoms with van der Waals surface area (Å²) in [5.74, 6) is -0.0735. The van der Waals surface area contributed by atoms with Crippen molar-refractivity contribution in [3.05, 3.63) is 18.0 Å². The summed E-state index contributed by atoms with van der Waals surface area (Å²) in [7, 11) is 0. The van der Waals surface area contributed by atoms with Crippen LogP contribution in [0.5, 0.6) is 0 Å². The average molecular weight is 303 g/mol. The van der Waals surface area contributed by atoms with Crippen LogP contribution in [0.15, 0.2) is 12.4 Å². The quantitative estimate of drug-likeness (QED) is 0.798. The van der Waals surface area contributed by atoms with Gasteiger partial charge in [-0.3, -0.25) is 4.79 Å². The number of aromatic nitrogens is 3. The van der Waals surface area contributed by atoms with Gasteiger partial charge >= 0.3 is 0 Å². The van der Waals surface area contributed by atoms with E-state index in [0.717, 1.165) is 36.8 Å². The third-order valence-corrected chi connectivity index (χ3v) is 3.96. The largest absolute Gasteiger partial charge is 0.397 e. The minimum absolute atomic E-state index is 0.0735. The lowest BCUT2D eigenvalue weighted by atomic mass is 10.1. The highest BCUT2D eigenvalue weighted by Gasteiger charge is 2.19. The van der Waals surface area contributed by atoms with Crippen molar-refractivity contribution >= 4 is 22.6 Å². The molecule has 2 aromatic rings. The van der Waals surface area contributed by atoms with Crippen molar-refractivity contribution in [3.8, 4) is 0 Å². The van der Waals surface area contributed by atoms with E-state index in [1.165, 1.54) is 0 Å². The van der Waals surface area contributed by atoms with Gasteiger partial charge in [-0.1, -0.05) is 19.8 Å². The lowest BCUT2D eigenvalue weighted by Crippen LogP contribution is -2.31. The molecule has 0 fully saturated rings. The number of nitrogens with two attached hydrogens (primary N) is 1. The smallest absolute Gasteiger partial charge is 0.257 e. The van der Waals surface area contributed by atoms with Crippen LogP contribution in [-0.2, 0) is 6.54 Å². The number of carbonyl (C=O) groups is 1. The van der Waals surface area contributed by atoms with E-state index in [-0.39, 0.29) is 5.91 Å². The second-order valence-electron chi connectivity index (χ2n) is 5.38. The molecule has 2 aromatic heterocycles. The molecular formula is C16H25N5O. The summed E-state index contributed by atoms with van der Waals surface area (Å²) in [5.41, 5.74) is 7.89. The van der Waals surface area contributed by atoms with Crippen LogP contribution in [0, 0.1) is 0 Å². The van der Waals surface area contributed by atoms with Crippen molar-refractivity contribution in [2.24, 2.45) is 0 Å². The number of hydrogen-bond acceptors (Lipinski definition) is 4. The molecule has 2 N–H and O–H groups in total. The van der Waals surface area contributed by atoms with Crippen molar-refractivity contribution in [2.45, 2.75) is 46.6 Å². The van der Waals surface area contributed by atoms with Crippen molar-refractivity contribution in [2.75, 3.05) is 18.8 Å². The number of amides is 1. The van der Waals surface area contributed by atoms with Gasteiger partial charge in [-0.2, -0.15) is 5.10 Å². The van der Waals surface area contributed by atoms with Crippen molar-refractivity contribution in [1.82, 2.24) is 19.7 Å². The maximum absolute atomic E-state index is 12.5. The number of fused-ring (bicyclic) bond motifs is 1. The maximum Gasteiger partial charge on any atom is 0.257 e. The molecule has 0 atom stereocenters. The number of rotatable bonds is 7. The number of anilines is 1. The molecule has 0 spiro atoms. The highest BCUT2D eigenvalue weighted by molar-refractivity contribution is 6.05. The third-order valence-electron chi connectivity index (χ3n) is 3.96. The summed E-state index contributed by atoms with van der Waals surface area (Å²) in [6, 6.07) is 0. The second-order valence-corrected chi connectivity index (χ2v) is 5.38. The van der Waals surface area contributed by atoms with Gasteiger partial charge in [0, 0.05) is 25.8 Å². The van der Waals surface area contributed by atoms with E-state index in [1.54, 1.807) is 17.3 Å². The third kappa shape index (κ3) is 3.05. The van der Waals surface area contributed by atoms with Crippen LogP contribution in [0.4, 0.5) is 5.69 Å². The van der Waals surface area contributed by atoms with E-state index in [9.17, 15) is 4.79 Å². The Balaban J connectivity index is 2.33. The molecule has 0 aromatic carbocycles. The van der Waals surface area contributed by atoms with Crippen LogP contribution < -0.4 is 5.73 Å². The molecular weight excluding hydrogens is 278 g/mol. The van der Waals surface area contributed by atoms with E-state index in [2.05, 4.69) is 17.0 Å². The summed E-state index contributed by atoms with van der Waals surface area (Å²) in [4.78, 5) is 18.6. The number of pyridine rings is 1. The Hall–Kier alpha value is -2.11. The highest BCUT2D eigenvalue weighted by Crippen LogP contribution is 2.24. The molecule has 0 saturated carbocycles. The molecule has 0 radical (unpaired) electrons. The molecule has 0 aliphatic rings. The van der Waals surface area contributed by atoms with Crippen LogP contribution >= 0.6 is 0 Å². The van der Waals surface area contributed by atoms with Crippen LogP contribution in [-0.4, -0.2) is 38.7 Å². The SMILES string of the molecule is CCCCCn1ncc2c(N)c(C(=O)N(CC)CC)cnc21. The molecule has 2 rings (SSSR count). The molecule has 2 heterocycles. The highest BCUT2D eigenvalue weighted by atomic mass is 16.2. The topological polar surface area (TPSA) is 77.0 Å². The van der Waals surface area contributed by atoms with Gasteiger partial charge in [-0.05, 0) is 20.3 Å². The Labute approximate surface area is 131 Å². The fourth-order valence-electron chi connectivity index (χ4n) is 2.57. The number of unbranched alkanes of at least 4 members (excludes halogenated alkanes) is 2. The van der Waals surface area contributed by atoms with Gasteiger partial charge in [0.2, 0.25) is 0 Å². The summed E-state index contributed by atoms with van der Waals surface area (Å²) in [6.07, 6.45) is 6.68. The fourth-order valence-corrected chi connectivity index (χ4v) is 2.57. The molecule has 22 heavy (non-hydrogen) atoms. The first kappa shape index (κ1) is 16.3. The Kier molecular flexibility index (Phi) is 5.35. The zero-order chi connectivity index (χ0) is 16.1.